The van der Waals surface area contributed by atoms with E-state index in [1.165, 1.54) is 12.0 Å². The minimum atomic E-state index is -0.436. The van der Waals surface area contributed by atoms with Crippen LogP contribution in [0, 0.1) is 0 Å². The normalized spacial score (nSPS) is 13.4. The Hall–Kier alpha value is -4.26. The zero-order valence-electron chi connectivity index (χ0n) is 19.0. The Balaban J connectivity index is 1.80. The number of nitrogens with zero attached hydrogens (tertiary/aromatic N) is 2. The number of para-hydroxylation sites is 1. The van der Waals surface area contributed by atoms with Gasteiger partial charge >= 0.3 is 0 Å². The van der Waals surface area contributed by atoms with E-state index in [0.29, 0.717) is 28.4 Å². The molecule has 0 saturated heterocycles. The summed E-state index contributed by atoms with van der Waals surface area (Å²) in [5, 5.41) is 3.15. The summed E-state index contributed by atoms with van der Waals surface area (Å²) < 4.78 is 10.7. The van der Waals surface area contributed by atoms with Crippen LogP contribution in [0.5, 0.6) is 11.5 Å². The number of imide groups is 1. The molecular weight excluding hydrogens is 418 g/mol. The fourth-order valence-corrected chi connectivity index (χ4v) is 3.70. The molecule has 0 atom stereocenters. The highest BCUT2D eigenvalue weighted by Crippen LogP contribution is 2.37. The molecule has 1 heterocycles. The summed E-state index contributed by atoms with van der Waals surface area (Å²) in [5.41, 5.74) is 3.10. The average Bonchev–Trinajstić information content (AvgIpc) is 3.08. The maximum absolute atomic E-state index is 13.6. The van der Waals surface area contributed by atoms with E-state index < -0.39 is 11.8 Å². The number of benzene rings is 3. The second-order valence-electron chi connectivity index (χ2n) is 7.66. The van der Waals surface area contributed by atoms with Gasteiger partial charge in [0.15, 0.2) is 0 Å². The predicted molar refractivity (Wildman–Crippen MR) is 130 cm³/mol. The van der Waals surface area contributed by atoms with Crippen molar-refractivity contribution >= 4 is 34.4 Å². The van der Waals surface area contributed by atoms with Crippen molar-refractivity contribution in [1.82, 2.24) is 0 Å². The summed E-state index contributed by atoms with van der Waals surface area (Å²) in [7, 11) is 6.98. The number of carbonyl (C=O) groups excluding carboxylic acids is 2. The summed E-state index contributed by atoms with van der Waals surface area (Å²) in [4.78, 5) is 30.3. The number of hydrogen-bond acceptors (Lipinski definition) is 6. The third kappa shape index (κ3) is 4.13. The van der Waals surface area contributed by atoms with E-state index in [4.69, 9.17) is 9.47 Å². The second kappa shape index (κ2) is 9.08. The largest absolute Gasteiger partial charge is 0.497 e. The maximum Gasteiger partial charge on any atom is 0.282 e. The number of nitrogens with one attached hydrogen (secondary N) is 1. The molecule has 3 aromatic rings. The van der Waals surface area contributed by atoms with Crippen LogP contribution in [0.3, 0.4) is 0 Å². The first kappa shape index (κ1) is 22.0. The van der Waals surface area contributed by atoms with E-state index in [1.54, 1.807) is 55.6 Å². The highest BCUT2D eigenvalue weighted by molar-refractivity contribution is 6.46. The first-order valence-corrected chi connectivity index (χ1v) is 10.4. The third-order valence-electron chi connectivity index (χ3n) is 5.44. The molecule has 1 aliphatic heterocycles. The number of anilines is 3. The Morgan fingerprint density at radius 2 is 1.45 bits per heavy atom. The molecule has 3 aromatic carbocycles. The van der Waals surface area contributed by atoms with E-state index in [9.17, 15) is 9.59 Å². The molecule has 0 spiro atoms. The molecule has 1 aliphatic rings. The van der Waals surface area contributed by atoms with Crippen molar-refractivity contribution in [3.63, 3.8) is 0 Å². The SMILES string of the molecule is COc1ccc(NC2=C(c3ccccc3OC)C(=O)N(c3ccc(N(C)C)cc3)C2=O)cc1. The van der Waals surface area contributed by atoms with E-state index in [2.05, 4.69) is 5.32 Å². The van der Waals surface area contributed by atoms with Crippen molar-refractivity contribution in [3.8, 4) is 11.5 Å². The second-order valence-corrected chi connectivity index (χ2v) is 7.66. The molecule has 0 radical (unpaired) electrons. The molecule has 0 unspecified atom stereocenters. The number of ether oxygens (including phenoxy) is 2. The first-order chi connectivity index (χ1) is 15.9. The lowest BCUT2D eigenvalue weighted by Crippen LogP contribution is -2.32. The fraction of sp³-hybridized carbons (Fsp3) is 0.154. The first-order valence-electron chi connectivity index (χ1n) is 10.4. The number of hydrogen-bond donors (Lipinski definition) is 1. The van der Waals surface area contributed by atoms with Crippen LogP contribution in [-0.2, 0) is 9.59 Å². The number of amides is 2. The molecule has 0 bridgehead atoms. The van der Waals surface area contributed by atoms with Gasteiger partial charge in [0.05, 0.1) is 25.5 Å². The summed E-state index contributed by atoms with van der Waals surface area (Å²) >= 11 is 0. The molecule has 0 aromatic heterocycles. The van der Waals surface area contributed by atoms with Crippen LogP contribution in [0.25, 0.3) is 5.57 Å². The molecule has 7 nitrogen and oxygen atoms in total. The van der Waals surface area contributed by atoms with Crippen LogP contribution < -0.4 is 24.6 Å². The maximum atomic E-state index is 13.6. The van der Waals surface area contributed by atoms with Crippen molar-refractivity contribution in [3.05, 3.63) is 84.1 Å². The molecule has 0 fully saturated rings. The van der Waals surface area contributed by atoms with E-state index in [1.807, 2.05) is 43.3 Å². The highest BCUT2D eigenvalue weighted by Gasteiger charge is 2.41. The summed E-state index contributed by atoms with van der Waals surface area (Å²) in [6.07, 6.45) is 0. The molecule has 7 heteroatoms. The Morgan fingerprint density at radius 1 is 0.788 bits per heavy atom. The zero-order valence-corrected chi connectivity index (χ0v) is 19.0. The van der Waals surface area contributed by atoms with Gasteiger partial charge in [-0.25, -0.2) is 4.90 Å². The van der Waals surface area contributed by atoms with E-state index in [-0.39, 0.29) is 11.3 Å². The van der Waals surface area contributed by atoms with Crippen LogP contribution in [0.4, 0.5) is 17.1 Å². The van der Waals surface area contributed by atoms with Crippen LogP contribution in [0.15, 0.2) is 78.5 Å². The Labute approximate surface area is 192 Å². The molecule has 33 heavy (non-hydrogen) atoms. The smallest absolute Gasteiger partial charge is 0.282 e. The monoisotopic (exact) mass is 443 g/mol. The Bertz CT molecular complexity index is 1220. The summed E-state index contributed by atoms with van der Waals surface area (Å²) in [6, 6.07) is 21.6. The van der Waals surface area contributed by atoms with Gasteiger partial charge in [0, 0.05) is 31.0 Å². The minimum Gasteiger partial charge on any atom is -0.497 e. The van der Waals surface area contributed by atoms with Crippen LogP contribution in [0.2, 0.25) is 0 Å². The lowest BCUT2D eigenvalue weighted by molar-refractivity contribution is -0.120. The van der Waals surface area contributed by atoms with Crippen molar-refractivity contribution in [2.75, 3.05) is 43.4 Å². The van der Waals surface area contributed by atoms with Gasteiger partial charge < -0.3 is 19.7 Å². The van der Waals surface area contributed by atoms with Crippen molar-refractivity contribution in [2.24, 2.45) is 0 Å². The highest BCUT2D eigenvalue weighted by atomic mass is 16.5. The van der Waals surface area contributed by atoms with Crippen molar-refractivity contribution in [1.29, 1.82) is 0 Å². The van der Waals surface area contributed by atoms with Gasteiger partial charge in [-0.3, -0.25) is 9.59 Å². The molecule has 1 N–H and O–H groups in total. The van der Waals surface area contributed by atoms with Gasteiger partial charge in [-0.1, -0.05) is 18.2 Å². The Morgan fingerprint density at radius 3 is 2.06 bits per heavy atom. The molecular formula is C26H25N3O4. The number of methoxy groups -OCH3 is 2. The van der Waals surface area contributed by atoms with Gasteiger partial charge in [0.2, 0.25) is 0 Å². The third-order valence-corrected chi connectivity index (χ3v) is 5.44. The quantitative estimate of drug-likeness (QED) is 0.553. The Kier molecular flexibility index (Phi) is 6.04. The summed E-state index contributed by atoms with van der Waals surface area (Å²) in [5.74, 6) is 0.343. The van der Waals surface area contributed by atoms with Gasteiger partial charge in [0.25, 0.3) is 11.8 Å². The van der Waals surface area contributed by atoms with Gasteiger partial charge in [-0.2, -0.15) is 0 Å². The van der Waals surface area contributed by atoms with Crippen LogP contribution >= 0.6 is 0 Å². The average molecular weight is 444 g/mol. The molecule has 2 amide bonds. The number of rotatable bonds is 7. The minimum absolute atomic E-state index is 0.186. The zero-order chi connectivity index (χ0) is 23.5. The lowest BCUT2D eigenvalue weighted by Gasteiger charge is -2.18. The van der Waals surface area contributed by atoms with Gasteiger partial charge in [-0.05, 0) is 54.6 Å². The predicted octanol–water partition coefficient (Wildman–Crippen LogP) is 4.17. The van der Waals surface area contributed by atoms with Crippen molar-refractivity contribution in [2.45, 2.75) is 0 Å². The lowest BCUT2D eigenvalue weighted by atomic mass is 10.0. The molecule has 168 valence electrons. The van der Waals surface area contributed by atoms with Gasteiger partial charge in [-0.15, -0.1) is 0 Å². The fourth-order valence-electron chi connectivity index (χ4n) is 3.70. The molecule has 0 saturated carbocycles. The standard InChI is InChI=1S/C26H25N3O4/c1-28(2)18-11-13-19(14-12-18)29-25(30)23(21-7-5-6-8-22(21)33-4)24(26(29)31)27-17-9-15-20(32-3)16-10-17/h5-16,27H,1-4H3. The van der Waals surface area contributed by atoms with E-state index >= 15 is 0 Å². The molecule has 0 aliphatic carbocycles. The summed E-state index contributed by atoms with van der Waals surface area (Å²) in [6.45, 7) is 0. The van der Waals surface area contributed by atoms with Crippen molar-refractivity contribution < 1.29 is 19.1 Å². The van der Waals surface area contributed by atoms with Crippen LogP contribution in [-0.4, -0.2) is 40.1 Å². The van der Waals surface area contributed by atoms with Crippen LogP contribution in [0.1, 0.15) is 5.56 Å². The molecule has 4 rings (SSSR count). The topological polar surface area (TPSA) is 71.1 Å². The van der Waals surface area contributed by atoms with E-state index in [0.717, 1.165) is 5.69 Å². The van der Waals surface area contributed by atoms with Gasteiger partial charge in [0.1, 0.15) is 17.2 Å². The number of carbonyl (C=O) groups is 2.